The second-order valence-corrected chi connectivity index (χ2v) is 5.85. The van der Waals surface area contributed by atoms with Crippen molar-refractivity contribution in [2.75, 3.05) is 25.8 Å². The first-order valence-electron chi connectivity index (χ1n) is 8.48. The summed E-state index contributed by atoms with van der Waals surface area (Å²) in [5.41, 5.74) is 2.01. The fourth-order valence-corrected chi connectivity index (χ4v) is 2.72. The molecule has 0 radical (unpaired) electrons. The minimum atomic E-state index is -0.535. The summed E-state index contributed by atoms with van der Waals surface area (Å²) >= 11 is 0. The van der Waals surface area contributed by atoms with Crippen LogP contribution in [-0.2, 0) is 16.0 Å². The number of fused-ring (bicyclic) bond motifs is 1. The summed E-state index contributed by atoms with van der Waals surface area (Å²) in [6, 6.07) is 7.08. The Hall–Kier alpha value is -3.29. The van der Waals surface area contributed by atoms with Crippen molar-refractivity contribution in [1.29, 1.82) is 0 Å². The van der Waals surface area contributed by atoms with E-state index in [2.05, 4.69) is 10.3 Å². The van der Waals surface area contributed by atoms with Gasteiger partial charge in [0.2, 0.25) is 6.79 Å². The van der Waals surface area contributed by atoms with Gasteiger partial charge in [0.05, 0.1) is 13.7 Å². The van der Waals surface area contributed by atoms with Gasteiger partial charge in [0.1, 0.15) is 23.4 Å². The van der Waals surface area contributed by atoms with E-state index in [4.69, 9.17) is 18.9 Å². The maximum absolute atomic E-state index is 12.3. The minimum absolute atomic E-state index is 0.210. The molecule has 0 saturated heterocycles. The Morgan fingerprint density at radius 1 is 1.15 bits per heavy atom. The average molecular weight is 373 g/mol. The van der Waals surface area contributed by atoms with Crippen molar-refractivity contribution in [2.45, 2.75) is 20.4 Å². The van der Waals surface area contributed by atoms with E-state index in [-0.39, 0.29) is 24.5 Å². The maximum Gasteiger partial charge on any atom is 0.346 e. The molecule has 8 heteroatoms. The zero-order chi connectivity index (χ0) is 19.4. The number of nitrogens with one attached hydrogen (secondary N) is 2. The summed E-state index contributed by atoms with van der Waals surface area (Å²) in [4.78, 5) is 27.3. The van der Waals surface area contributed by atoms with Gasteiger partial charge in [-0.3, -0.25) is 5.32 Å². The van der Waals surface area contributed by atoms with E-state index in [0.717, 1.165) is 5.56 Å². The molecule has 1 aliphatic rings. The molecule has 0 spiro atoms. The highest BCUT2D eigenvalue weighted by Crippen LogP contribution is 2.32. The fraction of sp³-hybridized carbons (Fsp3) is 0.316. The molecule has 8 nitrogen and oxygen atoms in total. The predicted octanol–water partition coefficient (Wildman–Crippen LogP) is 2.11. The lowest BCUT2D eigenvalue weighted by molar-refractivity contribution is -0.371. The summed E-state index contributed by atoms with van der Waals surface area (Å²) in [7, 11) is 1.29. The summed E-state index contributed by atoms with van der Waals surface area (Å²) in [5.74, 6) is 0.775. The third kappa shape index (κ3) is 3.94. The minimum Gasteiger partial charge on any atom is -0.465 e. The third-order valence-corrected chi connectivity index (χ3v) is 4.08. The Labute approximate surface area is 156 Å². The molecule has 27 heavy (non-hydrogen) atoms. The van der Waals surface area contributed by atoms with Gasteiger partial charge < -0.3 is 18.9 Å². The molecule has 1 aliphatic heterocycles. The zero-order valence-electron chi connectivity index (χ0n) is 15.4. The first kappa shape index (κ1) is 18.5. The van der Waals surface area contributed by atoms with Gasteiger partial charge in [0.15, 0.2) is 11.5 Å². The smallest absolute Gasteiger partial charge is 0.346 e. The fourth-order valence-electron chi connectivity index (χ4n) is 2.72. The van der Waals surface area contributed by atoms with E-state index in [1.165, 1.54) is 13.2 Å². The number of aryl methyl sites for hydroxylation is 1. The Balaban J connectivity index is 1.87. The number of methoxy groups -OCH3 is 1. The lowest BCUT2D eigenvalue weighted by Crippen LogP contribution is -2.25. The highest BCUT2D eigenvalue weighted by molar-refractivity contribution is 5.98. The summed E-state index contributed by atoms with van der Waals surface area (Å²) in [5, 5.41) is 3.18. The number of aromatic nitrogens is 1. The first-order chi connectivity index (χ1) is 13.0. The van der Waals surface area contributed by atoms with E-state index >= 15 is 0 Å². The number of hydrogen-bond donors (Lipinski definition) is 1. The largest absolute Gasteiger partial charge is 0.465 e. The van der Waals surface area contributed by atoms with Crippen LogP contribution in [0.5, 0.6) is 11.5 Å². The maximum atomic E-state index is 12.3. The van der Waals surface area contributed by atoms with Crippen LogP contribution in [-0.4, -0.2) is 32.4 Å². The molecule has 1 aromatic heterocycles. The van der Waals surface area contributed by atoms with Crippen molar-refractivity contribution in [1.82, 2.24) is 0 Å². The number of esters is 2. The van der Waals surface area contributed by atoms with Gasteiger partial charge in [0, 0.05) is 0 Å². The van der Waals surface area contributed by atoms with Crippen LogP contribution in [0.3, 0.4) is 0 Å². The monoisotopic (exact) mass is 373 g/mol. The Morgan fingerprint density at radius 2 is 1.93 bits per heavy atom. The molecule has 0 saturated carbocycles. The van der Waals surface area contributed by atoms with Crippen molar-refractivity contribution in [3.63, 3.8) is 0 Å². The Bertz CT molecular complexity index is 881. The van der Waals surface area contributed by atoms with E-state index in [1.54, 1.807) is 13.8 Å². The average Bonchev–Trinajstić information content (AvgIpc) is 3.13. The SMILES string of the molecule is CCOC(=O)c1cc(C(=O)OC)c(C)[nH+]c1NCc1ccc2c(c1)OCO2. The van der Waals surface area contributed by atoms with Gasteiger partial charge in [-0.25, -0.2) is 14.6 Å². The lowest BCUT2D eigenvalue weighted by atomic mass is 10.1. The van der Waals surface area contributed by atoms with Gasteiger partial charge in [-0.05, 0) is 37.6 Å². The number of H-pyrrole nitrogens is 1. The lowest BCUT2D eigenvalue weighted by Gasteiger charge is -2.09. The van der Waals surface area contributed by atoms with Crippen LogP contribution in [0.4, 0.5) is 5.82 Å². The standard InChI is InChI=1S/C19H20N2O6/c1-4-25-19(23)14-8-13(18(22)24-3)11(2)21-17(14)20-9-12-5-6-15-16(7-12)27-10-26-15/h5-8H,4,9-10H2,1-3H3,(H,20,21)/p+1. The third-order valence-electron chi connectivity index (χ3n) is 4.08. The van der Waals surface area contributed by atoms with E-state index in [9.17, 15) is 9.59 Å². The second kappa shape index (κ2) is 7.94. The van der Waals surface area contributed by atoms with Crippen LogP contribution in [0.25, 0.3) is 0 Å². The molecule has 2 heterocycles. The van der Waals surface area contributed by atoms with Crippen LogP contribution < -0.4 is 19.8 Å². The molecule has 0 atom stereocenters. The molecule has 0 aliphatic carbocycles. The number of anilines is 1. The van der Waals surface area contributed by atoms with Gasteiger partial charge >= 0.3 is 11.9 Å². The summed E-state index contributed by atoms with van der Waals surface area (Å²) < 4.78 is 20.5. The number of ether oxygens (including phenoxy) is 4. The van der Waals surface area contributed by atoms with Crippen LogP contribution in [0.15, 0.2) is 24.3 Å². The normalized spacial score (nSPS) is 11.8. The Kier molecular flexibility index (Phi) is 5.44. The number of carbonyl (C=O) groups is 2. The number of benzene rings is 1. The van der Waals surface area contributed by atoms with Crippen LogP contribution in [0.1, 0.15) is 38.9 Å². The van der Waals surface area contributed by atoms with Crippen molar-refractivity contribution in [3.8, 4) is 11.5 Å². The van der Waals surface area contributed by atoms with Crippen LogP contribution >= 0.6 is 0 Å². The highest BCUT2D eigenvalue weighted by atomic mass is 16.7. The van der Waals surface area contributed by atoms with Gasteiger partial charge in [-0.15, -0.1) is 0 Å². The molecule has 2 aromatic rings. The number of carbonyl (C=O) groups excluding carboxylic acids is 2. The molecule has 1 aromatic carbocycles. The van der Waals surface area contributed by atoms with Crippen molar-refractivity contribution in [2.24, 2.45) is 0 Å². The van der Waals surface area contributed by atoms with Crippen LogP contribution in [0.2, 0.25) is 0 Å². The first-order valence-corrected chi connectivity index (χ1v) is 8.48. The molecule has 142 valence electrons. The van der Waals surface area contributed by atoms with E-state index in [0.29, 0.717) is 29.6 Å². The summed E-state index contributed by atoms with van der Waals surface area (Å²) in [6.45, 7) is 4.31. The second-order valence-electron chi connectivity index (χ2n) is 5.85. The van der Waals surface area contributed by atoms with E-state index < -0.39 is 11.9 Å². The molecular formula is C19H21N2O6+. The molecule has 0 bridgehead atoms. The van der Waals surface area contributed by atoms with Crippen molar-refractivity contribution < 1.29 is 33.5 Å². The quantitative estimate of drug-likeness (QED) is 0.775. The molecule has 0 fully saturated rings. The van der Waals surface area contributed by atoms with Gasteiger partial charge in [-0.1, -0.05) is 6.07 Å². The molecule has 0 unspecified atom stereocenters. The van der Waals surface area contributed by atoms with Crippen molar-refractivity contribution >= 4 is 17.8 Å². The number of aromatic amines is 1. The van der Waals surface area contributed by atoms with E-state index in [1.807, 2.05) is 18.2 Å². The topological polar surface area (TPSA) is 97.2 Å². The number of pyridine rings is 1. The highest BCUT2D eigenvalue weighted by Gasteiger charge is 2.25. The summed E-state index contributed by atoms with van der Waals surface area (Å²) in [6.07, 6.45) is 0. The Morgan fingerprint density at radius 3 is 2.67 bits per heavy atom. The zero-order valence-corrected chi connectivity index (χ0v) is 15.4. The number of rotatable bonds is 6. The molecule has 3 rings (SSSR count). The van der Waals surface area contributed by atoms with Gasteiger partial charge in [0.25, 0.3) is 5.82 Å². The van der Waals surface area contributed by atoms with Crippen LogP contribution in [0, 0.1) is 6.92 Å². The molecular weight excluding hydrogens is 352 g/mol. The predicted molar refractivity (Wildman–Crippen MR) is 94.9 cm³/mol. The molecule has 0 amide bonds. The van der Waals surface area contributed by atoms with Gasteiger partial charge in [-0.2, -0.15) is 0 Å². The number of hydrogen-bond acceptors (Lipinski definition) is 7. The van der Waals surface area contributed by atoms with Crippen molar-refractivity contribution in [3.05, 3.63) is 46.6 Å². The molecule has 2 N–H and O–H groups in total.